The van der Waals surface area contributed by atoms with Gasteiger partial charge >= 0.3 is 0 Å². The highest BCUT2D eigenvalue weighted by molar-refractivity contribution is 5.96. The number of allylic oxidation sites excluding steroid dienone is 3. The first kappa shape index (κ1) is 18.1. The molecule has 0 radical (unpaired) electrons. The van der Waals surface area contributed by atoms with Gasteiger partial charge in [-0.3, -0.25) is 4.98 Å². The zero-order valence-electron chi connectivity index (χ0n) is 17.3. The number of pyridine rings is 1. The van der Waals surface area contributed by atoms with Crippen molar-refractivity contribution in [2.45, 2.75) is 65.2 Å². The van der Waals surface area contributed by atoms with Crippen molar-refractivity contribution in [1.82, 2.24) is 4.98 Å². The third-order valence-corrected chi connectivity index (χ3v) is 9.00. The molecule has 148 valence electrons. The Kier molecular flexibility index (Phi) is 4.26. The van der Waals surface area contributed by atoms with Crippen molar-refractivity contribution in [3.63, 3.8) is 0 Å². The van der Waals surface area contributed by atoms with E-state index in [9.17, 15) is 0 Å². The highest BCUT2D eigenvalue weighted by Gasteiger charge is 2.57. The summed E-state index contributed by atoms with van der Waals surface area (Å²) in [6, 6.07) is 6.25. The van der Waals surface area contributed by atoms with Gasteiger partial charge in [0.25, 0.3) is 0 Å². The Morgan fingerprint density at radius 2 is 1.89 bits per heavy atom. The van der Waals surface area contributed by atoms with E-state index in [0.29, 0.717) is 10.8 Å². The second-order valence-electron chi connectivity index (χ2n) is 10.0. The predicted molar refractivity (Wildman–Crippen MR) is 116 cm³/mol. The van der Waals surface area contributed by atoms with Crippen LogP contribution in [-0.2, 0) is 0 Å². The summed E-state index contributed by atoms with van der Waals surface area (Å²) >= 11 is 0. The molecule has 3 saturated carbocycles. The number of nitrogens with two attached hydrogens (primary N) is 1. The quantitative estimate of drug-likeness (QED) is 0.502. The van der Waals surface area contributed by atoms with Crippen LogP contribution in [0.2, 0.25) is 0 Å². The van der Waals surface area contributed by atoms with E-state index in [-0.39, 0.29) is 0 Å². The summed E-state index contributed by atoms with van der Waals surface area (Å²) in [5.41, 5.74) is 6.26. The summed E-state index contributed by atoms with van der Waals surface area (Å²) in [5, 5.41) is 4.01. The molecule has 28 heavy (non-hydrogen) atoms. The maximum absolute atomic E-state index is 5.60. The molecule has 0 aliphatic heterocycles. The first-order valence-corrected chi connectivity index (χ1v) is 11.1. The maximum atomic E-state index is 5.60. The SMILES string of the molecule is C[C@]12CC/C(=N\N)C=C1CCC1C2CC[C@]2(C)/C(=C/c3ccccn3)CCC12. The monoisotopic (exact) mass is 375 g/mol. The molecule has 0 aromatic carbocycles. The molecular weight excluding hydrogens is 342 g/mol. The number of aromatic nitrogens is 1. The molecule has 1 aromatic heterocycles. The molecule has 0 spiro atoms. The van der Waals surface area contributed by atoms with Gasteiger partial charge in [-0.1, -0.05) is 31.1 Å². The van der Waals surface area contributed by atoms with E-state index in [2.05, 4.69) is 48.2 Å². The average Bonchev–Trinajstić information content (AvgIpc) is 3.04. The largest absolute Gasteiger partial charge is 0.323 e. The molecule has 1 aromatic rings. The molecule has 4 aliphatic rings. The Labute approximate surface area is 169 Å². The van der Waals surface area contributed by atoms with E-state index in [0.717, 1.165) is 35.6 Å². The Bertz CT molecular complexity index is 852. The second-order valence-corrected chi connectivity index (χ2v) is 10.0. The lowest BCUT2D eigenvalue weighted by Crippen LogP contribution is -2.49. The summed E-state index contributed by atoms with van der Waals surface area (Å²) in [6.45, 7) is 5.11. The van der Waals surface area contributed by atoms with E-state index in [1.54, 1.807) is 11.1 Å². The van der Waals surface area contributed by atoms with Gasteiger partial charge in [0.1, 0.15) is 0 Å². The minimum absolute atomic E-state index is 0.367. The number of rotatable bonds is 1. The number of hydrogen-bond acceptors (Lipinski definition) is 3. The number of hydrazone groups is 1. The average molecular weight is 376 g/mol. The highest BCUT2D eigenvalue weighted by Crippen LogP contribution is 2.66. The molecule has 3 fully saturated rings. The summed E-state index contributed by atoms with van der Waals surface area (Å²) in [6.07, 6.45) is 16.8. The van der Waals surface area contributed by atoms with E-state index in [1.807, 2.05) is 12.3 Å². The van der Waals surface area contributed by atoms with Gasteiger partial charge in [0.15, 0.2) is 0 Å². The van der Waals surface area contributed by atoms with Gasteiger partial charge in [0.2, 0.25) is 0 Å². The van der Waals surface area contributed by atoms with Crippen molar-refractivity contribution in [1.29, 1.82) is 0 Å². The smallest absolute Gasteiger partial charge is 0.0629 e. The number of hydrogen-bond donors (Lipinski definition) is 1. The lowest BCUT2D eigenvalue weighted by atomic mass is 9.47. The van der Waals surface area contributed by atoms with E-state index < -0.39 is 0 Å². The van der Waals surface area contributed by atoms with Gasteiger partial charge in [-0.15, -0.1) is 0 Å². The zero-order valence-corrected chi connectivity index (χ0v) is 17.3. The molecule has 3 heteroatoms. The first-order valence-electron chi connectivity index (χ1n) is 11.1. The molecule has 1 heterocycles. The van der Waals surface area contributed by atoms with E-state index in [1.165, 1.54) is 44.9 Å². The van der Waals surface area contributed by atoms with Crippen LogP contribution in [0, 0.1) is 28.6 Å². The first-order chi connectivity index (χ1) is 13.5. The minimum Gasteiger partial charge on any atom is -0.323 e. The molecule has 0 bridgehead atoms. The summed E-state index contributed by atoms with van der Waals surface area (Å²) in [4.78, 5) is 4.57. The molecule has 5 rings (SSSR count). The normalized spacial score (nSPS) is 42.6. The van der Waals surface area contributed by atoms with E-state index >= 15 is 0 Å². The number of nitrogens with zero attached hydrogens (tertiary/aromatic N) is 2. The standard InChI is InChI=1S/C25H33N3/c1-24-12-10-20(28-26)16-17(24)6-8-21-22-9-7-18(15-19-5-3-4-14-27-19)25(22,2)13-11-23(21)24/h3-5,14-16,21-23H,6-13,26H2,1-2H3/b18-15+,28-20+/t21?,22?,23?,24-,25+/m0/s1. The third kappa shape index (κ3) is 2.62. The van der Waals surface area contributed by atoms with Crippen molar-refractivity contribution in [3.8, 4) is 0 Å². The van der Waals surface area contributed by atoms with Gasteiger partial charge in [0, 0.05) is 6.20 Å². The van der Waals surface area contributed by atoms with Gasteiger partial charge in [0.05, 0.1) is 11.4 Å². The number of fused-ring (bicyclic) bond motifs is 5. The van der Waals surface area contributed by atoms with E-state index in [4.69, 9.17) is 5.84 Å². The predicted octanol–water partition coefficient (Wildman–Crippen LogP) is 5.74. The Hall–Kier alpha value is -1.90. The highest BCUT2D eigenvalue weighted by atomic mass is 15.1. The topological polar surface area (TPSA) is 51.3 Å². The molecule has 3 nitrogen and oxygen atoms in total. The fourth-order valence-corrected chi connectivity index (χ4v) is 7.40. The van der Waals surface area contributed by atoms with Crippen LogP contribution < -0.4 is 5.84 Å². The fraction of sp³-hybridized carbons (Fsp3) is 0.600. The Morgan fingerprint density at radius 1 is 1.04 bits per heavy atom. The van der Waals surface area contributed by atoms with Crippen LogP contribution in [0.5, 0.6) is 0 Å². The molecule has 0 amide bonds. The molecule has 3 unspecified atom stereocenters. The molecule has 4 aliphatic carbocycles. The van der Waals surface area contributed by atoms with Crippen molar-refractivity contribution < 1.29 is 0 Å². The van der Waals surface area contributed by atoms with Crippen LogP contribution in [0.1, 0.15) is 70.9 Å². The Balaban J connectivity index is 1.45. The van der Waals surface area contributed by atoms with Crippen molar-refractivity contribution >= 4 is 11.8 Å². The zero-order chi connectivity index (χ0) is 19.4. The fourth-order valence-electron chi connectivity index (χ4n) is 7.40. The molecule has 2 N–H and O–H groups in total. The van der Waals surface area contributed by atoms with Gasteiger partial charge < -0.3 is 5.84 Å². The Morgan fingerprint density at radius 3 is 2.68 bits per heavy atom. The third-order valence-electron chi connectivity index (χ3n) is 9.00. The summed E-state index contributed by atoms with van der Waals surface area (Å²) < 4.78 is 0. The summed E-state index contributed by atoms with van der Waals surface area (Å²) in [7, 11) is 0. The molecular formula is C25H33N3. The van der Waals surface area contributed by atoms with Gasteiger partial charge in [-0.2, -0.15) is 5.10 Å². The van der Waals surface area contributed by atoms with Crippen molar-refractivity contribution in [2.75, 3.05) is 0 Å². The van der Waals surface area contributed by atoms with Crippen LogP contribution in [0.3, 0.4) is 0 Å². The van der Waals surface area contributed by atoms with Crippen LogP contribution in [-0.4, -0.2) is 10.7 Å². The van der Waals surface area contributed by atoms with Crippen LogP contribution in [0.4, 0.5) is 0 Å². The molecule has 5 atom stereocenters. The van der Waals surface area contributed by atoms with Gasteiger partial charge in [-0.05, 0) is 104 Å². The van der Waals surface area contributed by atoms with Crippen LogP contribution in [0.15, 0.2) is 46.7 Å². The van der Waals surface area contributed by atoms with Crippen molar-refractivity contribution in [2.24, 2.45) is 39.5 Å². The van der Waals surface area contributed by atoms with Crippen LogP contribution in [0.25, 0.3) is 6.08 Å². The summed E-state index contributed by atoms with van der Waals surface area (Å²) in [5.74, 6) is 8.14. The van der Waals surface area contributed by atoms with Gasteiger partial charge in [-0.25, -0.2) is 0 Å². The van der Waals surface area contributed by atoms with Crippen molar-refractivity contribution in [3.05, 3.63) is 47.3 Å². The minimum atomic E-state index is 0.367. The maximum Gasteiger partial charge on any atom is 0.0629 e. The molecule has 0 saturated heterocycles. The van der Waals surface area contributed by atoms with Crippen LogP contribution >= 0.6 is 0 Å². The lowest BCUT2D eigenvalue weighted by Gasteiger charge is -2.57. The second kappa shape index (κ2) is 6.57. The lowest BCUT2D eigenvalue weighted by molar-refractivity contribution is -0.0223.